The first-order valence-electron chi connectivity index (χ1n) is 7.11. The predicted octanol–water partition coefficient (Wildman–Crippen LogP) is 1.52. The number of morpholine rings is 1. The topological polar surface area (TPSA) is 72.4 Å². The van der Waals surface area contributed by atoms with Crippen molar-refractivity contribution >= 4 is 15.7 Å². The average Bonchev–Trinajstić information content (AvgIpc) is 2.55. The summed E-state index contributed by atoms with van der Waals surface area (Å²) in [7, 11) is -3.26. The van der Waals surface area contributed by atoms with E-state index in [0.29, 0.717) is 37.7 Å². The van der Waals surface area contributed by atoms with Gasteiger partial charge in [-0.1, -0.05) is 0 Å². The number of hydrogen-bond acceptors (Lipinski definition) is 6. The number of hydrogen-bond donors (Lipinski definition) is 0. The van der Waals surface area contributed by atoms with Crippen molar-refractivity contribution in [1.82, 2.24) is 9.97 Å². The van der Waals surface area contributed by atoms with Gasteiger partial charge in [-0.3, -0.25) is 0 Å². The van der Waals surface area contributed by atoms with Crippen LogP contribution in [0.4, 0.5) is 10.2 Å². The van der Waals surface area contributed by atoms with Gasteiger partial charge >= 0.3 is 0 Å². The van der Waals surface area contributed by atoms with Crippen LogP contribution in [0.25, 0.3) is 11.4 Å². The average molecular weight is 337 g/mol. The molecule has 0 amide bonds. The summed E-state index contributed by atoms with van der Waals surface area (Å²) < 4.78 is 42.2. The molecule has 1 fully saturated rings. The molecule has 1 aromatic heterocycles. The monoisotopic (exact) mass is 337 g/mol. The molecule has 0 atom stereocenters. The molecule has 23 heavy (non-hydrogen) atoms. The summed E-state index contributed by atoms with van der Waals surface area (Å²) >= 11 is 0. The molecule has 2 heterocycles. The molecule has 0 saturated carbocycles. The molecule has 0 radical (unpaired) electrons. The van der Waals surface area contributed by atoms with Crippen LogP contribution in [0.3, 0.4) is 0 Å². The summed E-state index contributed by atoms with van der Waals surface area (Å²) in [5.74, 6) is 0.113. The predicted molar refractivity (Wildman–Crippen MR) is 83.6 cm³/mol. The second-order valence-corrected chi connectivity index (χ2v) is 7.28. The molecule has 3 rings (SSSR count). The molecule has 1 aliphatic heterocycles. The first-order chi connectivity index (χ1) is 10.9. The smallest absolute Gasteiger partial charge is 0.183 e. The zero-order valence-electron chi connectivity index (χ0n) is 12.6. The van der Waals surface area contributed by atoms with Crippen LogP contribution in [0, 0.1) is 5.82 Å². The highest BCUT2D eigenvalue weighted by molar-refractivity contribution is 7.90. The molecule has 6 nitrogen and oxygen atoms in total. The van der Waals surface area contributed by atoms with Gasteiger partial charge in [-0.25, -0.2) is 22.8 Å². The summed E-state index contributed by atoms with van der Waals surface area (Å²) in [6.07, 6.45) is 2.28. The number of anilines is 1. The Kier molecular flexibility index (Phi) is 4.27. The minimum Gasteiger partial charge on any atom is -0.378 e. The Bertz CT molecular complexity index is 803. The molecule has 8 heteroatoms. The van der Waals surface area contributed by atoms with E-state index in [2.05, 4.69) is 9.97 Å². The van der Waals surface area contributed by atoms with E-state index in [4.69, 9.17) is 4.74 Å². The number of benzene rings is 1. The zero-order valence-corrected chi connectivity index (χ0v) is 13.4. The summed E-state index contributed by atoms with van der Waals surface area (Å²) in [5, 5.41) is 0. The third-order valence-corrected chi connectivity index (χ3v) is 4.71. The third kappa shape index (κ3) is 3.48. The number of nitrogens with zero attached hydrogens (tertiary/aromatic N) is 3. The van der Waals surface area contributed by atoms with Gasteiger partial charge < -0.3 is 9.64 Å². The molecule has 0 unspecified atom stereocenters. The van der Waals surface area contributed by atoms with Gasteiger partial charge in [-0.15, -0.1) is 0 Å². The number of aromatic nitrogens is 2. The molecule has 0 N–H and O–H groups in total. The van der Waals surface area contributed by atoms with Gasteiger partial charge in [0.15, 0.2) is 27.3 Å². The first-order valence-corrected chi connectivity index (χ1v) is 9.00. The highest BCUT2D eigenvalue weighted by atomic mass is 32.2. The summed E-state index contributed by atoms with van der Waals surface area (Å²) in [6.45, 7) is 2.20. The standard InChI is InChI=1S/C15H16FN3O3S/c1-23(20,21)12-4-2-11(3-5-12)14-17-10-13(16)15(18-14)19-6-8-22-9-7-19/h2-5,10H,6-9H2,1H3. The van der Waals surface area contributed by atoms with Gasteiger partial charge in [0.25, 0.3) is 0 Å². The molecular formula is C15H16FN3O3S. The van der Waals surface area contributed by atoms with E-state index in [0.717, 1.165) is 12.5 Å². The molecule has 0 spiro atoms. The lowest BCUT2D eigenvalue weighted by Crippen LogP contribution is -2.37. The van der Waals surface area contributed by atoms with Crippen LogP contribution in [-0.2, 0) is 14.6 Å². The van der Waals surface area contributed by atoms with E-state index < -0.39 is 15.7 Å². The lowest BCUT2D eigenvalue weighted by atomic mass is 10.2. The quantitative estimate of drug-likeness (QED) is 0.846. The van der Waals surface area contributed by atoms with Gasteiger partial charge in [0.2, 0.25) is 0 Å². The second-order valence-electron chi connectivity index (χ2n) is 5.26. The van der Waals surface area contributed by atoms with Gasteiger partial charge in [0.05, 0.1) is 24.3 Å². The van der Waals surface area contributed by atoms with E-state index in [1.54, 1.807) is 12.1 Å². The van der Waals surface area contributed by atoms with E-state index in [1.807, 2.05) is 4.90 Å². The van der Waals surface area contributed by atoms with Crippen molar-refractivity contribution < 1.29 is 17.5 Å². The van der Waals surface area contributed by atoms with Gasteiger partial charge in [-0.05, 0) is 24.3 Å². The fraction of sp³-hybridized carbons (Fsp3) is 0.333. The van der Waals surface area contributed by atoms with Crippen molar-refractivity contribution in [2.45, 2.75) is 4.90 Å². The summed E-state index contributed by atoms with van der Waals surface area (Å²) in [6, 6.07) is 6.22. The molecule has 1 aromatic carbocycles. The van der Waals surface area contributed by atoms with Crippen molar-refractivity contribution in [3.8, 4) is 11.4 Å². The van der Waals surface area contributed by atoms with Gasteiger partial charge in [0, 0.05) is 24.9 Å². The van der Waals surface area contributed by atoms with Crippen molar-refractivity contribution in [3.63, 3.8) is 0 Å². The molecule has 0 bridgehead atoms. The number of rotatable bonds is 3. The highest BCUT2D eigenvalue weighted by Gasteiger charge is 2.18. The Morgan fingerprint density at radius 2 is 1.83 bits per heavy atom. The van der Waals surface area contributed by atoms with E-state index in [1.165, 1.54) is 12.1 Å². The van der Waals surface area contributed by atoms with E-state index in [9.17, 15) is 12.8 Å². The Hall–Kier alpha value is -2.06. The van der Waals surface area contributed by atoms with Crippen LogP contribution >= 0.6 is 0 Å². The van der Waals surface area contributed by atoms with Gasteiger partial charge in [0.1, 0.15) is 0 Å². The number of ether oxygens (including phenoxy) is 1. The van der Waals surface area contributed by atoms with E-state index in [-0.39, 0.29) is 10.7 Å². The van der Waals surface area contributed by atoms with Crippen molar-refractivity contribution in [2.24, 2.45) is 0 Å². The van der Waals surface area contributed by atoms with Gasteiger partial charge in [-0.2, -0.15) is 0 Å². The van der Waals surface area contributed by atoms with E-state index >= 15 is 0 Å². The maximum atomic E-state index is 14.0. The van der Waals surface area contributed by atoms with Crippen molar-refractivity contribution in [2.75, 3.05) is 37.5 Å². The normalized spacial score (nSPS) is 15.7. The molecule has 0 aliphatic carbocycles. The van der Waals surface area contributed by atoms with Crippen molar-refractivity contribution in [3.05, 3.63) is 36.3 Å². The van der Waals surface area contributed by atoms with Crippen LogP contribution < -0.4 is 4.90 Å². The molecule has 122 valence electrons. The largest absolute Gasteiger partial charge is 0.378 e. The molecule has 1 saturated heterocycles. The SMILES string of the molecule is CS(=O)(=O)c1ccc(-c2ncc(F)c(N3CCOCC3)n2)cc1. The van der Waals surface area contributed by atoms with Crippen LogP contribution in [0.1, 0.15) is 0 Å². The van der Waals surface area contributed by atoms with Crippen molar-refractivity contribution in [1.29, 1.82) is 0 Å². The molecule has 2 aromatic rings. The summed E-state index contributed by atoms with van der Waals surface area (Å²) in [4.78, 5) is 10.3. The molecule has 1 aliphatic rings. The number of halogens is 1. The molecular weight excluding hydrogens is 321 g/mol. The maximum Gasteiger partial charge on any atom is 0.183 e. The van der Waals surface area contributed by atoms with Crippen LogP contribution in [0.2, 0.25) is 0 Å². The maximum absolute atomic E-state index is 14.0. The fourth-order valence-corrected chi connectivity index (χ4v) is 2.98. The zero-order chi connectivity index (χ0) is 16.4. The fourth-order valence-electron chi connectivity index (χ4n) is 2.35. The lowest BCUT2D eigenvalue weighted by molar-refractivity contribution is 0.122. The Labute approximate surface area is 133 Å². The first kappa shape index (κ1) is 15.8. The second kappa shape index (κ2) is 6.21. The Morgan fingerprint density at radius 3 is 2.43 bits per heavy atom. The van der Waals surface area contributed by atoms with Crippen LogP contribution in [0.15, 0.2) is 35.4 Å². The highest BCUT2D eigenvalue weighted by Crippen LogP contribution is 2.23. The Balaban J connectivity index is 1.94. The number of sulfone groups is 1. The van der Waals surface area contributed by atoms with Crippen LogP contribution in [0.5, 0.6) is 0 Å². The Morgan fingerprint density at radius 1 is 1.17 bits per heavy atom. The van der Waals surface area contributed by atoms with Crippen LogP contribution in [-0.4, -0.2) is 50.9 Å². The summed E-state index contributed by atoms with van der Waals surface area (Å²) in [5.41, 5.74) is 0.631. The third-order valence-electron chi connectivity index (χ3n) is 3.58. The lowest BCUT2D eigenvalue weighted by Gasteiger charge is -2.28. The minimum atomic E-state index is -3.26. The minimum absolute atomic E-state index is 0.219.